The summed E-state index contributed by atoms with van der Waals surface area (Å²) < 4.78 is 7.12. The van der Waals surface area contributed by atoms with Crippen LogP contribution in [0.4, 0.5) is 10.5 Å². The third kappa shape index (κ3) is 4.94. The zero-order valence-corrected chi connectivity index (χ0v) is 20.0. The first kappa shape index (κ1) is 22.5. The van der Waals surface area contributed by atoms with E-state index in [4.69, 9.17) is 16.3 Å². The van der Waals surface area contributed by atoms with Crippen LogP contribution in [0.25, 0.3) is 6.08 Å². The van der Waals surface area contributed by atoms with Crippen LogP contribution in [0.5, 0.6) is 5.75 Å². The normalized spacial score (nSPS) is 15.7. The summed E-state index contributed by atoms with van der Waals surface area (Å²) in [5.41, 5.74) is 0.664. The average Bonchev–Trinajstić information content (AvgIpc) is 2.64. The molecule has 1 aliphatic rings. The molecule has 1 fully saturated rings. The van der Waals surface area contributed by atoms with Gasteiger partial charge in [-0.2, -0.15) is 0 Å². The fourth-order valence-electron chi connectivity index (χ4n) is 2.72. The van der Waals surface area contributed by atoms with Gasteiger partial charge in [0.05, 0.1) is 21.2 Å². The van der Waals surface area contributed by atoms with Crippen molar-refractivity contribution in [3.63, 3.8) is 0 Å². The molecule has 0 radical (unpaired) electrons. The zero-order chi connectivity index (χ0) is 22.0. The molecule has 0 spiro atoms. The summed E-state index contributed by atoms with van der Waals surface area (Å²) in [6.07, 6.45) is 1.42. The highest BCUT2D eigenvalue weighted by molar-refractivity contribution is 9.11. The van der Waals surface area contributed by atoms with Crippen LogP contribution in [0.15, 0.2) is 50.9 Å². The molecule has 4 amide bonds. The molecule has 1 aliphatic heterocycles. The van der Waals surface area contributed by atoms with Gasteiger partial charge >= 0.3 is 6.03 Å². The minimum absolute atomic E-state index is 0.177. The lowest BCUT2D eigenvalue weighted by molar-refractivity contribution is -0.122. The van der Waals surface area contributed by atoms with Crippen molar-refractivity contribution in [1.82, 2.24) is 5.32 Å². The molecule has 0 aliphatic carbocycles. The van der Waals surface area contributed by atoms with Gasteiger partial charge in [0, 0.05) is 5.02 Å². The Hall–Kier alpha value is -2.16. The summed E-state index contributed by atoms with van der Waals surface area (Å²) in [5, 5.41) is 2.55. The largest absolute Gasteiger partial charge is 0.491 e. The number of rotatable bonds is 5. The highest BCUT2D eigenvalue weighted by Crippen LogP contribution is 2.36. The van der Waals surface area contributed by atoms with Crippen LogP contribution >= 0.6 is 43.5 Å². The molecule has 2 aromatic carbocycles. The average molecular weight is 557 g/mol. The molecule has 30 heavy (non-hydrogen) atoms. The lowest BCUT2D eigenvalue weighted by atomic mass is 10.1. The van der Waals surface area contributed by atoms with Gasteiger partial charge in [-0.3, -0.25) is 14.9 Å². The summed E-state index contributed by atoms with van der Waals surface area (Å²) in [4.78, 5) is 38.5. The number of anilines is 1. The fourth-order valence-corrected chi connectivity index (χ4v) is 4.36. The second kappa shape index (κ2) is 9.32. The molecule has 0 saturated carbocycles. The zero-order valence-electron chi connectivity index (χ0n) is 16.0. The Kier molecular flexibility index (Phi) is 7.00. The maximum Gasteiger partial charge on any atom is 0.335 e. The Bertz CT molecular complexity index is 1050. The number of barbiturate groups is 1. The summed E-state index contributed by atoms with van der Waals surface area (Å²) in [6, 6.07) is 8.90. The smallest absolute Gasteiger partial charge is 0.335 e. The van der Waals surface area contributed by atoms with E-state index in [2.05, 4.69) is 37.2 Å². The van der Waals surface area contributed by atoms with E-state index in [-0.39, 0.29) is 11.3 Å². The minimum atomic E-state index is -0.829. The highest BCUT2D eigenvalue weighted by atomic mass is 79.9. The molecule has 1 N–H and O–H groups in total. The third-order valence-electron chi connectivity index (χ3n) is 4.06. The first-order valence-corrected chi connectivity index (χ1v) is 10.9. The monoisotopic (exact) mass is 554 g/mol. The van der Waals surface area contributed by atoms with E-state index in [0.29, 0.717) is 37.8 Å². The molecule has 1 saturated heterocycles. The van der Waals surface area contributed by atoms with Crippen molar-refractivity contribution in [2.45, 2.75) is 13.8 Å². The number of amides is 4. The molecule has 3 rings (SSSR count). The lowest BCUT2D eigenvalue weighted by Gasteiger charge is -2.26. The number of nitrogens with zero attached hydrogens (tertiary/aromatic N) is 1. The molecule has 1 heterocycles. The van der Waals surface area contributed by atoms with Crippen LogP contribution in [-0.4, -0.2) is 24.5 Å². The van der Waals surface area contributed by atoms with Crippen LogP contribution in [-0.2, 0) is 9.59 Å². The van der Waals surface area contributed by atoms with E-state index < -0.39 is 17.8 Å². The minimum Gasteiger partial charge on any atom is -0.491 e. The van der Waals surface area contributed by atoms with E-state index in [1.807, 2.05) is 13.8 Å². The quantitative estimate of drug-likeness (QED) is 0.386. The van der Waals surface area contributed by atoms with E-state index in [9.17, 15) is 14.4 Å². The molecule has 2 aromatic rings. The van der Waals surface area contributed by atoms with Crippen molar-refractivity contribution in [3.8, 4) is 5.75 Å². The summed E-state index contributed by atoms with van der Waals surface area (Å²) in [7, 11) is 0. The van der Waals surface area contributed by atoms with Gasteiger partial charge in [-0.1, -0.05) is 31.5 Å². The number of carbonyl (C=O) groups is 3. The van der Waals surface area contributed by atoms with Crippen LogP contribution < -0.4 is 15.0 Å². The predicted molar refractivity (Wildman–Crippen MR) is 123 cm³/mol. The number of urea groups is 1. The molecule has 9 heteroatoms. The molecule has 0 aromatic heterocycles. The summed E-state index contributed by atoms with van der Waals surface area (Å²) in [6.45, 7) is 4.62. The van der Waals surface area contributed by atoms with Gasteiger partial charge in [0.2, 0.25) is 0 Å². The van der Waals surface area contributed by atoms with E-state index >= 15 is 0 Å². The maximum absolute atomic E-state index is 13.0. The number of carbonyl (C=O) groups excluding carboxylic acids is 3. The Morgan fingerprint density at radius 2 is 1.80 bits per heavy atom. The molecular weight excluding hydrogens is 540 g/mol. The van der Waals surface area contributed by atoms with Gasteiger partial charge in [-0.25, -0.2) is 9.69 Å². The Balaban J connectivity index is 1.96. The molecular formula is C21H17Br2ClN2O4. The van der Waals surface area contributed by atoms with E-state index in [1.165, 1.54) is 12.1 Å². The maximum atomic E-state index is 13.0. The first-order chi connectivity index (χ1) is 14.2. The Morgan fingerprint density at radius 3 is 2.40 bits per heavy atom. The van der Waals surface area contributed by atoms with Crippen molar-refractivity contribution in [2.75, 3.05) is 11.5 Å². The third-order valence-corrected chi connectivity index (χ3v) is 5.47. The SMILES string of the molecule is CC(C)COc1c(Br)cc(/C=C2\C(=O)NC(=O)N(c3cccc(Cl)c3)C2=O)cc1Br. The molecule has 0 atom stereocenters. The van der Waals surface area contributed by atoms with E-state index in [0.717, 1.165) is 4.90 Å². The molecule has 6 nitrogen and oxygen atoms in total. The second-order valence-corrected chi connectivity index (χ2v) is 9.10. The molecule has 0 bridgehead atoms. The Morgan fingerprint density at radius 1 is 1.13 bits per heavy atom. The van der Waals surface area contributed by atoms with Crippen molar-refractivity contribution in [1.29, 1.82) is 0 Å². The van der Waals surface area contributed by atoms with Crippen molar-refractivity contribution < 1.29 is 19.1 Å². The Labute approximate surface area is 195 Å². The van der Waals surface area contributed by atoms with Crippen molar-refractivity contribution in [3.05, 3.63) is 61.5 Å². The number of hydrogen-bond acceptors (Lipinski definition) is 4. The topological polar surface area (TPSA) is 75.7 Å². The van der Waals surface area contributed by atoms with Crippen molar-refractivity contribution >= 4 is 73.1 Å². The number of benzene rings is 2. The standard InChI is InChI=1S/C21H17Br2ClN2O4/c1-11(2)10-30-18-16(22)7-12(8-17(18)23)6-15-19(27)25-21(29)26(20(15)28)14-5-3-4-13(24)9-14/h3-9,11H,10H2,1-2H3,(H,25,27,29)/b15-6+. The molecule has 156 valence electrons. The summed E-state index contributed by atoms with van der Waals surface area (Å²) >= 11 is 12.9. The van der Waals surface area contributed by atoms with Crippen LogP contribution in [0.1, 0.15) is 19.4 Å². The lowest BCUT2D eigenvalue weighted by Crippen LogP contribution is -2.54. The van der Waals surface area contributed by atoms with Crippen molar-refractivity contribution in [2.24, 2.45) is 5.92 Å². The van der Waals surface area contributed by atoms with Gasteiger partial charge in [-0.05, 0) is 79.7 Å². The van der Waals surface area contributed by atoms with Gasteiger partial charge in [0.1, 0.15) is 11.3 Å². The molecule has 0 unspecified atom stereocenters. The van der Waals surface area contributed by atoms with Gasteiger partial charge in [-0.15, -0.1) is 0 Å². The van der Waals surface area contributed by atoms with Crippen LogP contribution in [0.3, 0.4) is 0 Å². The predicted octanol–water partition coefficient (Wildman–Crippen LogP) is 5.57. The first-order valence-electron chi connectivity index (χ1n) is 8.96. The number of nitrogens with one attached hydrogen (secondary N) is 1. The van der Waals surface area contributed by atoms with Gasteiger partial charge < -0.3 is 4.74 Å². The van der Waals surface area contributed by atoms with Crippen LogP contribution in [0, 0.1) is 5.92 Å². The highest BCUT2D eigenvalue weighted by Gasteiger charge is 2.36. The van der Waals surface area contributed by atoms with E-state index in [1.54, 1.807) is 30.3 Å². The second-order valence-electron chi connectivity index (χ2n) is 6.96. The number of ether oxygens (including phenoxy) is 1. The van der Waals surface area contributed by atoms with Gasteiger partial charge in [0.25, 0.3) is 11.8 Å². The number of imide groups is 2. The fraction of sp³-hybridized carbons (Fsp3) is 0.190. The van der Waals surface area contributed by atoms with Gasteiger partial charge in [0.15, 0.2) is 0 Å². The summed E-state index contributed by atoms with van der Waals surface area (Å²) in [5.74, 6) is -0.529. The number of hydrogen-bond donors (Lipinski definition) is 1. The number of halogens is 3. The van der Waals surface area contributed by atoms with Crippen LogP contribution in [0.2, 0.25) is 5.02 Å².